The first-order valence-corrected chi connectivity index (χ1v) is 7.05. The number of hydrogen-bond acceptors (Lipinski definition) is 4. The smallest absolute Gasteiger partial charge is 0.274 e. The second kappa shape index (κ2) is 7.51. The first kappa shape index (κ1) is 15.9. The molecule has 1 N–H and O–H groups in total. The van der Waals surface area contributed by atoms with Gasteiger partial charge < -0.3 is 10.1 Å². The molecule has 1 heterocycles. The quantitative estimate of drug-likeness (QED) is 0.815. The lowest BCUT2D eigenvalue weighted by atomic mass is 10.1. The van der Waals surface area contributed by atoms with Crippen LogP contribution in [0, 0.1) is 0 Å². The molecule has 1 amide bonds. The number of allylic oxidation sites excluding steroid dienone is 1. The van der Waals surface area contributed by atoms with Gasteiger partial charge in [-0.1, -0.05) is 24.3 Å². The molecule has 116 valence electrons. The molecule has 0 saturated heterocycles. The number of carbonyl (C=O) groups is 1. The highest BCUT2D eigenvalue weighted by atomic mass is 16.5. The van der Waals surface area contributed by atoms with Crippen LogP contribution < -0.4 is 10.9 Å². The van der Waals surface area contributed by atoms with Crippen molar-refractivity contribution in [3.63, 3.8) is 0 Å². The van der Waals surface area contributed by atoms with Crippen LogP contribution in [0.4, 0.5) is 0 Å². The Balaban J connectivity index is 2.40. The van der Waals surface area contributed by atoms with Gasteiger partial charge in [0.1, 0.15) is 0 Å². The maximum absolute atomic E-state index is 12.4. The average Bonchev–Trinajstić information content (AvgIpc) is 2.53. The minimum Gasteiger partial charge on any atom is -0.383 e. The molecular weight excluding hydrogens is 282 g/mol. The zero-order chi connectivity index (χ0) is 15.9. The van der Waals surface area contributed by atoms with Crippen molar-refractivity contribution in [3.8, 4) is 0 Å². The molecule has 1 aromatic carbocycles. The monoisotopic (exact) mass is 301 g/mol. The lowest BCUT2D eigenvalue weighted by Gasteiger charge is -2.11. The number of nitrogens with one attached hydrogen (secondary N) is 1. The van der Waals surface area contributed by atoms with E-state index >= 15 is 0 Å². The van der Waals surface area contributed by atoms with Crippen molar-refractivity contribution in [3.05, 3.63) is 52.5 Å². The number of benzene rings is 1. The van der Waals surface area contributed by atoms with Gasteiger partial charge in [-0.25, -0.2) is 4.68 Å². The molecule has 2 aromatic rings. The third-order valence-electron chi connectivity index (χ3n) is 3.20. The van der Waals surface area contributed by atoms with E-state index in [2.05, 4.69) is 10.4 Å². The zero-order valence-corrected chi connectivity index (χ0v) is 12.7. The van der Waals surface area contributed by atoms with E-state index in [4.69, 9.17) is 4.74 Å². The van der Waals surface area contributed by atoms with Crippen molar-refractivity contribution in [2.45, 2.75) is 20.0 Å². The normalized spacial score (nSPS) is 11.2. The highest BCUT2D eigenvalue weighted by Crippen LogP contribution is 2.13. The summed E-state index contributed by atoms with van der Waals surface area (Å²) in [5.41, 5.74) is 0.500. The topological polar surface area (TPSA) is 73.2 Å². The summed E-state index contributed by atoms with van der Waals surface area (Å²) in [7, 11) is 1.57. The standard InChI is InChI=1S/C16H19N3O3/c1-3-6-15(20)17-11-14-12-7-4-5-8-13(12)16(21)19(18-14)9-10-22-2/h3-8H,9-11H2,1-2H3,(H,17,20)/b6-3+. The van der Waals surface area contributed by atoms with E-state index in [1.165, 1.54) is 10.8 Å². The fraction of sp³-hybridized carbons (Fsp3) is 0.312. The molecule has 0 unspecified atom stereocenters. The van der Waals surface area contributed by atoms with Crippen molar-refractivity contribution in [2.24, 2.45) is 0 Å². The summed E-state index contributed by atoms with van der Waals surface area (Å²) < 4.78 is 6.38. The third-order valence-corrected chi connectivity index (χ3v) is 3.20. The van der Waals surface area contributed by atoms with Crippen LogP contribution in [0.3, 0.4) is 0 Å². The third kappa shape index (κ3) is 3.59. The van der Waals surface area contributed by atoms with Crippen molar-refractivity contribution in [1.82, 2.24) is 15.1 Å². The van der Waals surface area contributed by atoms with Crippen LogP contribution in [0.25, 0.3) is 10.8 Å². The molecular formula is C16H19N3O3. The molecule has 0 saturated carbocycles. The van der Waals surface area contributed by atoms with Gasteiger partial charge in [-0.15, -0.1) is 0 Å². The van der Waals surface area contributed by atoms with E-state index in [1.54, 1.807) is 26.2 Å². The van der Waals surface area contributed by atoms with E-state index < -0.39 is 0 Å². The second-order valence-electron chi connectivity index (χ2n) is 4.73. The molecule has 22 heavy (non-hydrogen) atoms. The fourth-order valence-electron chi connectivity index (χ4n) is 2.15. The minimum absolute atomic E-state index is 0.156. The number of ether oxygens (including phenoxy) is 1. The van der Waals surface area contributed by atoms with Gasteiger partial charge in [0.25, 0.3) is 5.56 Å². The Morgan fingerprint density at radius 2 is 2.09 bits per heavy atom. The largest absolute Gasteiger partial charge is 0.383 e. The number of rotatable bonds is 6. The minimum atomic E-state index is -0.192. The first-order chi connectivity index (χ1) is 10.7. The molecule has 0 radical (unpaired) electrons. The van der Waals surface area contributed by atoms with Crippen LogP contribution in [0.5, 0.6) is 0 Å². The number of methoxy groups -OCH3 is 1. The summed E-state index contributed by atoms with van der Waals surface area (Å²) in [5, 5.41) is 8.45. The maximum Gasteiger partial charge on any atom is 0.274 e. The molecule has 0 aliphatic heterocycles. The second-order valence-corrected chi connectivity index (χ2v) is 4.73. The number of fused-ring (bicyclic) bond motifs is 1. The zero-order valence-electron chi connectivity index (χ0n) is 12.7. The molecule has 0 spiro atoms. The van der Waals surface area contributed by atoms with Crippen LogP contribution in [0.1, 0.15) is 12.6 Å². The van der Waals surface area contributed by atoms with Crippen molar-refractivity contribution in [1.29, 1.82) is 0 Å². The van der Waals surface area contributed by atoms with Gasteiger partial charge in [-0.3, -0.25) is 9.59 Å². The Morgan fingerprint density at radius 1 is 1.36 bits per heavy atom. The average molecular weight is 301 g/mol. The van der Waals surface area contributed by atoms with Crippen molar-refractivity contribution >= 4 is 16.7 Å². The first-order valence-electron chi connectivity index (χ1n) is 7.05. The molecule has 0 aliphatic carbocycles. The van der Waals surface area contributed by atoms with Crippen LogP contribution >= 0.6 is 0 Å². The molecule has 2 rings (SSSR count). The molecule has 0 fully saturated rings. The van der Waals surface area contributed by atoms with Crippen LogP contribution in [0.2, 0.25) is 0 Å². The summed E-state index contributed by atoms with van der Waals surface area (Å²) >= 11 is 0. The van der Waals surface area contributed by atoms with E-state index in [0.717, 1.165) is 5.39 Å². The van der Waals surface area contributed by atoms with E-state index in [1.807, 2.05) is 18.2 Å². The molecule has 0 aliphatic rings. The molecule has 0 bridgehead atoms. The predicted octanol–water partition coefficient (Wildman–Crippen LogP) is 1.24. The molecule has 6 nitrogen and oxygen atoms in total. The number of carbonyl (C=O) groups excluding carboxylic acids is 1. The van der Waals surface area contributed by atoms with Gasteiger partial charge in [0, 0.05) is 12.5 Å². The van der Waals surface area contributed by atoms with Gasteiger partial charge >= 0.3 is 0 Å². The molecule has 6 heteroatoms. The Labute approximate surface area is 128 Å². The van der Waals surface area contributed by atoms with Gasteiger partial charge in [-0.2, -0.15) is 5.10 Å². The summed E-state index contributed by atoms with van der Waals surface area (Å²) in [4.78, 5) is 23.9. The Hall–Kier alpha value is -2.47. The molecule has 0 atom stereocenters. The number of nitrogens with zero attached hydrogens (tertiary/aromatic N) is 2. The van der Waals surface area contributed by atoms with Gasteiger partial charge in [0.15, 0.2) is 0 Å². The van der Waals surface area contributed by atoms with Gasteiger partial charge in [0.05, 0.1) is 30.8 Å². The van der Waals surface area contributed by atoms with E-state index in [-0.39, 0.29) is 18.0 Å². The highest BCUT2D eigenvalue weighted by Gasteiger charge is 2.10. The van der Waals surface area contributed by atoms with Crippen molar-refractivity contribution in [2.75, 3.05) is 13.7 Å². The predicted molar refractivity (Wildman–Crippen MR) is 84.5 cm³/mol. The summed E-state index contributed by atoms with van der Waals surface area (Å²) in [6, 6.07) is 7.26. The lowest BCUT2D eigenvalue weighted by Crippen LogP contribution is -2.29. The van der Waals surface area contributed by atoms with Crippen LogP contribution in [-0.2, 0) is 22.6 Å². The van der Waals surface area contributed by atoms with Crippen LogP contribution in [-0.4, -0.2) is 29.4 Å². The Kier molecular flexibility index (Phi) is 5.43. The van der Waals surface area contributed by atoms with Crippen molar-refractivity contribution < 1.29 is 9.53 Å². The Bertz CT molecular complexity index is 750. The SMILES string of the molecule is C/C=C/C(=O)NCc1nn(CCOC)c(=O)c2ccccc12. The summed E-state index contributed by atoms with van der Waals surface area (Å²) in [6.45, 7) is 2.81. The van der Waals surface area contributed by atoms with Gasteiger partial charge in [-0.05, 0) is 19.1 Å². The number of amides is 1. The summed E-state index contributed by atoms with van der Waals surface area (Å²) in [6.07, 6.45) is 3.11. The van der Waals surface area contributed by atoms with E-state index in [0.29, 0.717) is 24.2 Å². The molecule has 1 aromatic heterocycles. The van der Waals surface area contributed by atoms with E-state index in [9.17, 15) is 9.59 Å². The highest BCUT2D eigenvalue weighted by molar-refractivity contribution is 5.88. The Morgan fingerprint density at radius 3 is 2.77 bits per heavy atom. The number of hydrogen-bond donors (Lipinski definition) is 1. The maximum atomic E-state index is 12.4. The summed E-state index contributed by atoms with van der Waals surface area (Å²) in [5.74, 6) is -0.192. The van der Waals surface area contributed by atoms with Crippen LogP contribution in [0.15, 0.2) is 41.2 Å². The van der Waals surface area contributed by atoms with Gasteiger partial charge in [0.2, 0.25) is 5.91 Å². The lowest BCUT2D eigenvalue weighted by molar-refractivity contribution is -0.116. The fourth-order valence-corrected chi connectivity index (χ4v) is 2.15. The number of aromatic nitrogens is 2.